The molecule has 0 aliphatic rings. The number of alkyl halides is 1. The van der Waals surface area contributed by atoms with Gasteiger partial charge >= 0.3 is 0 Å². The minimum atomic E-state index is -0.148. The van der Waals surface area contributed by atoms with Crippen molar-refractivity contribution in [3.05, 3.63) is 36.2 Å². The number of carbonyl (C=O) groups is 1. The monoisotopic (exact) mass is 249 g/mol. The summed E-state index contributed by atoms with van der Waals surface area (Å²) in [6.45, 7) is 2.27. The van der Waals surface area contributed by atoms with Crippen LogP contribution in [0.2, 0.25) is 0 Å². The van der Waals surface area contributed by atoms with E-state index in [4.69, 9.17) is 11.6 Å². The number of hydrogen-bond donors (Lipinski definition) is 1. The number of aromatic nitrogens is 2. The van der Waals surface area contributed by atoms with Crippen LogP contribution < -0.4 is 5.32 Å². The minimum absolute atomic E-state index is 0.0841. The molecule has 0 bridgehead atoms. The van der Waals surface area contributed by atoms with E-state index in [0.29, 0.717) is 17.6 Å². The molecule has 17 heavy (non-hydrogen) atoms. The summed E-state index contributed by atoms with van der Waals surface area (Å²) < 4.78 is 0. The van der Waals surface area contributed by atoms with Gasteiger partial charge in [-0.25, -0.2) is 0 Å². The molecule has 1 N–H and O–H groups in total. The number of benzene rings is 1. The lowest BCUT2D eigenvalue weighted by atomic mass is 10.2. The number of halogens is 1. The molecule has 2 rings (SSSR count). The lowest BCUT2D eigenvalue weighted by Gasteiger charge is -2.06. The fourth-order valence-corrected chi connectivity index (χ4v) is 1.52. The summed E-state index contributed by atoms with van der Waals surface area (Å²) >= 11 is 5.77. The standard InChI is InChI=1S/C12H12ClN3O/c1-8(13)7-16-12(17)9-2-3-10-11(6-9)15-5-4-14-10/h2-6,8H,7H2,1H3,(H,16,17). The summed E-state index contributed by atoms with van der Waals surface area (Å²) in [5, 5.41) is 2.66. The fraction of sp³-hybridized carbons (Fsp3) is 0.250. The molecule has 1 heterocycles. The highest BCUT2D eigenvalue weighted by Gasteiger charge is 2.07. The summed E-state index contributed by atoms with van der Waals surface area (Å²) in [5.41, 5.74) is 2.05. The van der Waals surface area contributed by atoms with Crippen LogP contribution in [0.1, 0.15) is 17.3 Å². The van der Waals surface area contributed by atoms with E-state index in [1.54, 1.807) is 30.6 Å². The van der Waals surface area contributed by atoms with Gasteiger partial charge in [-0.15, -0.1) is 11.6 Å². The fourth-order valence-electron chi connectivity index (χ4n) is 1.44. The first-order valence-electron chi connectivity index (χ1n) is 5.30. The molecule has 1 atom stereocenters. The van der Waals surface area contributed by atoms with E-state index in [0.717, 1.165) is 5.52 Å². The van der Waals surface area contributed by atoms with Crippen molar-refractivity contribution in [1.29, 1.82) is 0 Å². The number of amides is 1. The van der Waals surface area contributed by atoms with Crippen LogP contribution in [0.4, 0.5) is 0 Å². The zero-order valence-corrected chi connectivity index (χ0v) is 10.1. The third-order valence-electron chi connectivity index (χ3n) is 2.28. The van der Waals surface area contributed by atoms with Crippen molar-refractivity contribution in [3.63, 3.8) is 0 Å². The maximum absolute atomic E-state index is 11.8. The molecule has 88 valence electrons. The number of nitrogens with one attached hydrogen (secondary N) is 1. The van der Waals surface area contributed by atoms with E-state index >= 15 is 0 Å². The Morgan fingerprint density at radius 1 is 1.35 bits per heavy atom. The van der Waals surface area contributed by atoms with Crippen LogP contribution in [-0.4, -0.2) is 27.8 Å². The van der Waals surface area contributed by atoms with Crippen LogP contribution in [0.5, 0.6) is 0 Å². The molecule has 0 saturated heterocycles. The van der Waals surface area contributed by atoms with E-state index < -0.39 is 0 Å². The number of fused-ring (bicyclic) bond motifs is 1. The Hall–Kier alpha value is -1.68. The van der Waals surface area contributed by atoms with Crippen molar-refractivity contribution in [2.24, 2.45) is 0 Å². The number of carbonyl (C=O) groups excluding carboxylic acids is 1. The number of hydrogen-bond acceptors (Lipinski definition) is 3. The van der Waals surface area contributed by atoms with Crippen molar-refractivity contribution in [2.45, 2.75) is 12.3 Å². The van der Waals surface area contributed by atoms with Gasteiger partial charge in [-0.1, -0.05) is 0 Å². The third-order valence-corrected chi connectivity index (χ3v) is 2.43. The summed E-state index contributed by atoms with van der Waals surface area (Å²) in [4.78, 5) is 20.1. The Kier molecular flexibility index (Phi) is 3.54. The van der Waals surface area contributed by atoms with Gasteiger partial charge in [0.25, 0.3) is 5.91 Å². The Morgan fingerprint density at radius 3 is 2.76 bits per heavy atom. The van der Waals surface area contributed by atoms with Crippen molar-refractivity contribution in [2.75, 3.05) is 6.54 Å². The average Bonchev–Trinajstić information content (AvgIpc) is 2.35. The molecule has 0 spiro atoms. The molecule has 0 aliphatic heterocycles. The summed E-state index contributed by atoms with van der Waals surface area (Å²) in [7, 11) is 0. The van der Waals surface area contributed by atoms with E-state index in [1.807, 2.05) is 6.92 Å². The lowest BCUT2D eigenvalue weighted by molar-refractivity contribution is 0.0954. The predicted molar refractivity (Wildman–Crippen MR) is 67.2 cm³/mol. The summed E-state index contributed by atoms with van der Waals surface area (Å²) in [6, 6.07) is 5.23. The van der Waals surface area contributed by atoms with Gasteiger partial charge in [0.1, 0.15) is 0 Å². The van der Waals surface area contributed by atoms with Crippen molar-refractivity contribution in [1.82, 2.24) is 15.3 Å². The maximum Gasteiger partial charge on any atom is 0.251 e. The summed E-state index contributed by atoms with van der Waals surface area (Å²) in [5.74, 6) is -0.148. The highest BCUT2D eigenvalue weighted by molar-refractivity contribution is 6.20. The van der Waals surface area contributed by atoms with E-state index in [2.05, 4.69) is 15.3 Å². The molecule has 2 aromatic rings. The van der Waals surface area contributed by atoms with Gasteiger partial charge in [0.15, 0.2) is 0 Å². The van der Waals surface area contributed by atoms with E-state index in [1.165, 1.54) is 0 Å². The molecule has 0 radical (unpaired) electrons. The minimum Gasteiger partial charge on any atom is -0.351 e. The molecule has 0 fully saturated rings. The van der Waals surface area contributed by atoms with Gasteiger partial charge < -0.3 is 5.32 Å². The van der Waals surface area contributed by atoms with Gasteiger partial charge in [0, 0.05) is 29.9 Å². The SMILES string of the molecule is CC(Cl)CNC(=O)c1ccc2nccnc2c1. The average molecular weight is 250 g/mol. The second-order valence-corrected chi connectivity index (χ2v) is 4.50. The van der Waals surface area contributed by atoms with Gasteiger partial charge in [0.05, 0.1) is 11.0 Å². The molecule has 0 aliphatic carbocycles. The maximum atomic E-state index is 11.8. The normalized spacial score (nSPS) is 12.4. The Morgan fingerprint density at radius 2 is 2.06 bits per heavy atom. The molecule has 0 saturated carbocycles. The second-order valence-electron chi connectivity index (χ2n) is 3.75. The summed E-state index contributed by atoms with van der Waals surface area (Å²) in [6.07, 6.45) is 3.22. The first-order valence-corrected chi connectivity index (χ1v) is 5.73. The smallest absolute Gasteiger partial charge is 0.251 e. The van der Waals surface area contributed by atoms with Crippen LogP contribution in [0.3, 0.4) is 0 Å². The molecular formula is C12H12ClN3O. The van der Waals surface area contributed by atoms with E-state index in [9.17, 15) is 4.79 Å². The van der Waals surface area contributed by atoms with Crippen LogP contribution in [-0.2, 0) is 0 Å². The topological polar surface area (TPSA) is 54.9 Å². The van der Waals surface area contributed by atoms with Crippen LogP contribution >= 0.6 is 11.6 Å². The highest BCUT2D eigenvalue weighted by Crippen LogP contribution is 2.10. The third kappa shape index (κ3) is 2.91. The Bertz CT molecular complexity index is 542. The molecule has 1 aromatic heterocycles. The quantitative estimate of drug-likeness (QED) is 0.847. The Balaban J connectivity index is 2.21. The molecule has 5 heteroatoms. The van der Waals surface area contributed by atoms with Crippen LogP contribution in [0.25, 0.3) is 11.0 Å². The highest BCUT2D eigenvalue weighted by atomic mass is 35.5. The predicted octanol–water partition coefficient (Wildman–Crippen LogP) is 1.99. The zero-order valence-electron chi connectivity index (χ0n) is 9.35. The van der Waals surface area contributed by atoms with Gasteiger partial charge in [-0.05, 0) is 25.1 Å². The molecule has 1 unspecified atom stereocenters. The first-order chi connectivity index (χ1) is 8.16. The van der Waals surface area contributed by atoms with Crippen LogP contribution in [0, 0.1) is 0 Å². The van der Waals surface area contributed by atoms with E-state index in [-0.39, 0.29) is 11.3 Å². The van der Waals surface area contributed by atoms with Crippen LogP contribution in [0.15, 0.2) is 30.6 Å². The first kappa shape index (κ1) is 11.8. The number of rotatable bonds is 3. The molecular weight excluding hydrogens is 238 g/mol. The zero-order chi connectivity index (χ0) is 12.3. The van der Waals surface area contributed by atoms with Crippen molar-refractivity contribution >= 4 is 28.5 Å². The Labute approximate surface area is 104 Å². The van der Waals surface area contributed by atoms with Gasteiger partial charge in [0.2, 0.25) is 0 Å². The number of nitrogens with zero attached hydrogens (tertiary/aromatic N) is 2. The molecule has 1 amide bonds. The van der Waals surface area contributed by atoms with Gasteiger partial charge in [-0.2, -0.15) is 0 Å². The van der Waals surface area contributed by atoms with Crippen molar-refractivity contribution < 1.29 is 4.79 Å². The lowest BCUT2D eigenvalue weighted by Crippen LogP contribution is -2.28. The second kappa shape index (κ2) is 5.10. The van der Waals surface area contributed by atoms with Gasteiger partial charge in [-0.3, -0.25) is 14.8 Å². The molecule has 1 aromatic carbocycles. The molecule has 4 nitrogen and oxygen atoms in total. The van der Waals surface area contributed by atoms with Crippen molar-refractivity contribution in [3.8, 4) is 0 Å². The largest absolute Gasteiger partial charge is 0.351 e.